The third-order valence-electron chi connectivity index (χ3n) is 3.05. The zero-order valence-corrected chi connectivity index (χ0v) is 15.7. The highest BCUT2D eigenvalue weighted by molar-refractivity contribution is 9.10. The monoisotopic (exact) mass is 407 g/mol. The molecule has 0 aliphatic carbocycles. The number of thiocarbonyl (C=S) groups is 1. The number of carbonyl (C=O) groups is 1. The van der Waals surface area contributed by atoms with Gasteiger partial charge in [-0.2, -0.15) is 0 Å². The van der Waals surface area contributed by atoms with Gasteiger partial charge in [-0.25, -0.2) is 0 Å². The summed E-state index contributed by atoms with van der Waals surface area (Å²) in [5.41, 5.74) is 7.14. The molecule has 7 heteroatoms. The van der Waals surface area contributed by atoms with Crippen LogP contribution in [0.4, 0.5) is 5.69 Å². The number of amides is 1. The molecular weight excluding hydrogens is 390 g/mol. The number of halogens is 1. The lowest BCUT2D eigenvalue weighted by Gasteiger charge is -2.16. The van der Waals surface area contributed by atoms with Gasteiger partial charge in [0.2, 0.25) is 0 Å². The summed E-state index contributed by atoms with van der Waals surface area (Å²) >= 11 is 8.50. The lowest BCUT2D eigenvalue weighted by atomic mass is 10.2. The van der Waals surface area contributed by atoms with Crippen molar-refractivity contribution >= 4 is 44.9 Å². The van der Waals surface area contributed by atoms with E-state index in [1.807, 2.05) is 43.3 Å². The predicted molar refractivity (Wildman–Crippen MR) is 103 cm³/mol. The number of hydrazine groups is 1. The number of rotatable bonds is 4. The maximum absolute atomic E-state index is 12.0. The van der Waals surface area contributed by atoms with Gasteiger partial charge in [0.25, 0.3) is 5.91 Å². The van der Waals surface area contributed by atoms with Crippen LogP contribution in [0.1, 0.15) is 12.5 Å². The molecule has 126 valence electrons. The molecule has 24 heavy (non-hydrogen) atoms. The fourth-order valence-electron chi connectivity index (χ4n) is 1.90. The summed E-state index contributed by atoms with van der Waals surface area (Å²) in [5, 5.41) is 3.29. The molecule has 0 heterocycles. The summed E-state index contributed by atoms with van der Waals surface area (Å²) in [6.07, 6.45) is -0.673. The summed E-state index contributed by atoms with van der Waals surface area (Å²) < 4.78 is 6.46. The van der Waals surface area contributed by atoms with Gasteiger partial charge < -0.3 is 10.1 Å². The molecule has 5 nitrogen and oxygen atoms in total. The molecule has 1 atom stereocenters. The molecule has 0 spiro atoms. The molecule has 0 unspecified atom stereocenters. The number of nitrogens with one attached hydrogen (secondary N) is 3. The van der Waals surface area contributed by atoms with Crippen molar-refractivity contribution in [1.82, 2.24) is 10.9 Å². The maximum Gasteiger partial charge on any atom is 0.279 e. The Morgan fingerprint density at radius 2 is 1.92 bits per heavy atom. The molecular formula is C17H18BrN3O2S. The van der Waals surface area contributed by atoms with Crippen LogP contribution in [0, 0.1) is 6.92 Å². The summed E-state index contributed by atoms with van der Waals surface area (Å²) in [6, 6.07) is 15.1. The number of ether oxygens (including phenoxy) is 1. The second kappa shape index (κ2) is 8.65. The fraction of sp³-hybridized carbons (Fsp3) is 0.176. The molecule has 0 saturated heterocycles. The highest BCUT2D eigenvalue weighted by Gasteiger charge is 2.14. The van der Waals surface area contributed by atoms with E-state index in [1.165, 1.54) is 0 Å². The first kappa shape index (κ1) is 18.2. The van der Waals surface area contributed by atoms with Gasteiger partial charge >= 0.3 is 0 Å². The van der Waals surface area contributed by atoms with Crippen LogP contribution in [0.3, 0.4) is 0 Å². The van der Waals surface area contributed by atoms with Crippen LogP contribution < -0.4 is 20.9 Å². The minimum atomic E-state index is -0.673. The molecule has 0 aliphatic rings. The van der Waals surface area contributed by atoms with E-state index in [9.17, 15) is 4.79 Å². The molecule has 2 aromatic rings. The third kappa shape index (κ3) is 5.82. The maximum atomic E-state index is 12.0. The summed E-state index contributed by atoms with van der Waals surface area (Å²) in [7, 11) is 0. The van der Waals surface area contributed by atoms with Gasteiger partial charge in [0, 0.05) is 10.2 Å². The Bertz CT molecular complexity index is 739. The second-order valence-electron chi connectivity index (χ2n) is 5.16. The zero-order valence-electron chi connectivity index (χ0n) is 13.3. The van der Waals surface area contributed by atoms with Crippen molar-refractivity contribution in [2.45, 2.75) is 20.0 Å². The SMILES string of the molecule is Cc1cccc(NC(=S)NNC(=O)[C@@H](C)Oc2cccc(Br)c2)c1. The smallest absolute Gasteiger partial charge is 0.279 e. The third-order valence-corrected chi connectivity index (χ3v) is 3.75. The second-order valence-corrected chi connectivity index (χ2v) is 6.48. The molecule has 0 bridgehead atoms. The first-order valence-electron chi connectivity index (χ1n) is 7.30. The van der Waals surface area contributed by atoms with Crippen molar-refractivity contribution in [2.75, 3.05) is 5.32 Å². The van der Waals surface area contributed by atoms with Crippen molar-refractivity contribution in [3.63, 3.8) is 0 Å². The van der Waals surface area contributed by atoms with Gasteiger partial charge in [-0.1, -0.05) is 34.1 Å². The van der Waals surface area contributed by atoms with E-state index >= 15 is 0 Å². The van der Waals surface area contributed by atoms with Gasteiger partial charge in [0.05, 0.1) is 0 Å². The number of hydrogen-bond acceptors (Lipinski definition) is 3. The molecule has 2 rings (SSSR count). The molecule has 1 amide bonds. The minimum absolute atomic E-state index is 0.295. The Balaban J connectivity index is 1.80. The van der Waals surface area contributed by atoms with Crippen LogP contribution in [-0.2, 0) is 4.79 Å². The highest BCUT2D eigenvalue weighted by atomic mass is 79.9. The van der Waals surface area contributed by atoms with Crippen molar-refractivity contribution < 1.29 is 9.53 Å². The van der Waals surface area contributed by atoms with E-state index in [4.69, 9.17) is 17.0 Å². The Kier molecular flexibility index (Phi) is 6.57. The first-order valence-corrected chi connectivity index (χ1v) is 8.50. The van der Waals surface area contributed by atoms with Crippen LogP contribution >= 0.6 is 28.1 Å². The summed E-state index contributed by atoms with van der Waals surface area (Å²) in [6.45, 7) is 3.65. The molecule has 2 aromatic carbocycles. The fourth-order valence-corrected chi connectivity index (χ4v) is 2.45. The Hall–Kier alpha value is -2.12. The van der Waals surface area contributed by atoms with Gasteiger partial charge in [-0.15, -0.1) is 0 Å². The van der Waals surface area contributed by atoms with E-state index in [2.05, 4.69) is 32.1 Å². The Morgan fingerprint density at radius 1 is 1.17 bits per heavy atom. The van der Waals surface area contributed by atoms with Crippen molar-refractivity contribution in [2.24, 2.45) is 0 Å². The molecule has 0 fully saturated rings. The van der Waals surface area contributed by atoms with Gasteiger partial charge in [-0.05, 0) is 62.0 Å². The number of hydrogen-bond donors (Lipinski definition) is 3. The molecule has 0 aliphatic heterocycles. The number of anilines is 1. The van der Waals surface area contributed by atoms with E-state index < -0.39 is 6.10 Å². The van der Waals surface area contributed by atoms with Crippen LogP contribution in [0.15, 0.2) is 53.0 Å². The van der Waals surface area contributed by atoms with Gasteiger partial charge in [0.1, 0.15) is 5.75 Å². The Labute approximate surface area is 154 Å². The first-order chi connectivity index (χ1) is 11.4. The van der Waals surface area contributed by atoms with Crippen LogP contribution in [0.5, 0.6) is 5.75 Å². The van der Waals surface area contributed by atoms with E-state index in [-0.39, 0.29) is 5.91 Å². The lowest BCUT2D eigenvalue weighted by molar-refractivity contribution is -0.127. The number of carbonyl (C=O) groups excluding carboxylic acids is 1. The van der Waals surface area contributed by atoms with Crippen molar-refractivity contribution in [1.29, 1.82) is 0 Å². The van der Waals surface area contributed by atoms with Crippen molar-refractivity contribution in [3.05, 3.63) is 58.6 Å². The molecule has 3 N–H and O–H groups in total. The van der Waals surface area contributed by atoms with E-state index in [0.717, 1.165) is 15.7 Å². The highest BCUT2D eigenvalue weighted by Crippen LogP contribution is 2.18. The molecule has 0 saturated carbocycles. The number of aryl methyl sites for hydroxylation is 1. The van der Waals surface area contributed by atoms with Gasteiger partial charge in [-0.3, -0.25) is 15.6 Å². The Morgan fingerprint density at radius 3 is 2.62 bits per heavy atom. The zero-order chi connectivity index (χ0) is 17.5. The topological polar surface area (TPSA) is 62.4 Å². The predicted octanol–water partition coefficient (Wildman–Crippen LogP) is 3.54. The van der Waals surface area contributed by atoms with E-state index in [0.29, 0.717) is 10.9 Å². The standard InChI is InChI=1S/C17H18BrN3O2S/c1-11-5-3-7-14(9-11)19-17(24)21-20-16(22)12(2)23-15-8-4-6-13(18)10-15/h3-10,12H,1-2H3,(H,20,22)(H2,19,21,24)/t12-/m1/s1. The average Bonchev–Trinajstić information content (AvgIpc) is 2.52. The quantitative estimate of drug-likeness (QED) is 0.534. The van der Waals surface area contributed by atoms with Crippen LogP contribution in [-0.4, -0.2) is 17.1 Å². The lowest BCUT2D eigenvalue weighted by Crippen LogP contribution is -2.48. The normalized spacial score (nSPS) is 11.3. The summed E-state index contributed by atoms with van der Waals surface area (Å²) in [5.74, 6) is 0.274. The van der Waals surface area contributed by atoms with Crippen molar-refractivity contribution in [3.8, 4) is 5.75 Å². The van der Waals surface area contributed by atoms with Crippen LogP contribution in [0.2, 0.25) is 0 Å². The van der Waals surface area contributed by atoms with E-state index in [1.54, 1.807) is 19.1 Å². The molecule has 0 aromatic heterocycles. The van der Waals surface area contributed by atoms with Gasteiger partial charge in [0.15, 0.2) is 11.2 Å². The van der Waals surface area contributed by atoms with Crippen LogP contribution in [0.25, 0.3) is 0 Å². The molecule has 0 radical (unpaired) electrons. The average molecular weight is 408 g/mol. The minimum Gasteiger partial charge on any atom is -0.481 e. The summed E-state index contributed by atoms with van der Waals surface area (Å²) in [4.78, 5) is 12.0. The largest absolute Gasteiger partial charge is 0.481 e. The number of benzene rings is 2.